The molecule has 2 aliphatic heterocycles. The second-order valence-electron chi connectivity index (χ2n) is 13.6. The quantitative estimate of drug-likeness (QED) is 0.134. The zero-order chi connectivity index (χ0) is 37.9. The zero-order valence-corrected chi connectivity index (χ0v) is 28.8. The minimum atomic E-state index is -1.92. The van der Waals surface area contributed by atoms with Crippen LogP contribution in [0.15, 0.2) is 34.1 Å². The largest absolute Gasteiger partial charge is 0.455 e. The summed E-state index contributed by atoms with van der Waals surface area (Å²) in [5.41, 5.74) is 4.96. The van der Waals surface area contributed by atoms with Crippen LogP contribution in [0, 0.1) is 5.92 Å². The zero-order valence-electron chi connectivity index (χ0n) is 28.8. The van der Waals surface area contributed by atoms with E-state index in [2.05, 4.69) is 15.3 Å². The number of carbonyl (C=O) groups is 2. The van der Waals surface area contributed by atoms with Gasteiger partial charge in [-0.15, -0.1) is 0 Å². The Morgan fingerprint density at radius 2 is 1.40 bits per heavy atom. The monoisotopic (exact) mass is 713 g/mol. The highest BCUT2D eigenvalue weighted by Crippen LogP contribution is 2.40. The molecule has 2 fully saturated rings. The van der Waals surface area contributed by atoms with Crippen molar-refractivity contribution in [2.24, 2.45) is 5.92 Å². The van der Waals surface area contributed by atoms with Crippen molar-refractivity contribution < 1.29 is 54.1 Å². The highest BCUT2D eigenvalue weighted by molar-refractivity contribution is 5.82. The molecule has 10 N–H and O–H groups in total. The van der Waals surface area contributed by atoms with E-state index in [1.165, 1.54) is 38.4 Å². The number of esters is 1. The maximum atomic E-state index is 12.9. The van der Waals surface area contributed by atoms with Crippen molar-refractivity contribution in [3.05, 3.63) is 45.5 Å². The summed E-state index contributed by atoms with van der Waals surface area (Å²) in [6.45, 7) is 9.99. The van der Waals surface area contributed by atoms with Gasteiger partial charge >= 0.3 is 23.4 Å². The van der Waals surface area contributed by atoms with Gasteiger partial charge in [0.05, 0.1) is 13.2 Å². The third-order valence-electron chi connectivity index (χ3n) is 7.88. The fourth-order valence-electron chi connectivity index (χ4n) is 5.30. The summed E-state index contributed by atoms with van der Waals surface area (Å²) in [7, 11) is 0. The number of aliphatic hydroxyl groups is 5. The van der Waals surface area contributed by atoms with Crippen LogP contribution in [0.4, 0.5) is 16.4 Å². The van der Waals surface area contributed by atoms with Gasteiger partial charge in [0.1, 0.15) is 52.8 Å². The second-order valence-corrected chi connectivity index (χ2v) is 13.6. The smallest absolute Gasteiger partial charge is 0.408 e. The minimum absolute atomic E-state index is 0.0152. The molecule has 4 heterocycles. The molecule has 2 aliphatic rings. The molecule has 0 bridgehead atoms. The van der Waals surface area contributed by atoms with Crippen LogP contribution in [0.5, 0.6) is 0 Å². The Bertz CT molecular complexity index is 1620. The van der Waals surface area contributed by atoms with Gasteiger partial charge in [0, 0.05) is 12.4 Å². The Kier molecular flexibility index (Phi) is 12.4. The van der Waals surface area contributed by atoms with Crippen molar-refractivity contribution in [2.45, 2.75) is 108 Å². The number of nitrogens with zero attached hydrogens (tertiary/aromatic N) is 4. The number of nitrogens with one attached hydrogen (secondary N) is 1. The topological polar surface area (TPSA) is 306 Å². The molecule has 0 aliphatic carbocycles. The predicted molar refractivity (Wildman–Crippen MR) is 173 cm³/mol. The van der Waals surface area contributed by atoms with Crippen LogP contribution in [0.3, 0.4) is 0 Å². The molecule has 2 aromatic heterocycles. The first-order chi connectivity index (χ1) is 23.0. The number of alkyl carbamates (subject to hydrolysis) is 1. The number of amides is 1. The molecule has 0 spiro atoms. The summed E-state index contributed by atoms with van der Waals surface area (Å²) >= 11 is 0. The van der Waals surface area contributed by atoms with Crippen LogP contribution >= 0.6 is 0 Å². The average molecular weight is 714 g/mol. The van der Waals surface area contributed by atoms with Crippen LogP contribution in [0.2, 0.25) is 0 Å². The predicted octanol–water partition coefficient (Wildman–Crippen LogP) is -2.25. The summed E-state index contributed by atoms with van der Waals surface area (Å²) in [6.07, 6.45) is -5.42. The molecule has 2 aromatic rings. The van der Waals surface area contributed by atoms with E-state index in [1.807, 2.05) is 0 Å². The number of aliphatic hydroxyl groups excluding tert-OH is 3. The van der Waals surface area contributed by atoms with E-state index in [4.69, 9.17) is 35.5 Å². The van der Waals surface area contributed by atoms with E-state index < -0.39 is 96.4 Å². The summed E-state index contributed by atoms with van der Waals surface area (Å²) < 4.78 is 23.6. The lowest BCUT2D eigenvalue weighted by Crippen LogP contribution is -2.53. The molecular formula is C30H47N7O13. The van der Waals surface area contributed by atoms with Crippen LogP contribution in [0.25, 0.3) is 0 Å². The third-order valence-corrected chi connectivity index (χ3v) is 7.88. The Morgan fingerprint density at radius 1 is 0.940 bits per heavy atom. The number of carbonyl (C=O) groups excluding carboxylic acids is 2. The molecule has 0 aromatic carbocycles. The average Bonchev–Trinajstić information content (AvgIpc) is 3.38. The van der Waals surface area contributed by atoms with E-state index in [-0.39, 0.29) is 17.6 Å². The number of aromatic nitrogens is 4. The van der Waals surface area contributed by atoms with E-state index in [1.54, 1.807) is 34.6 Å². The molecule has 50 heavy (non-hydrogen) atoms. The van der Waals surface area contributed by atoms with E-state index in [0.717, 1.165) is 9.13 Å². The molecule has 4 rings (SSSR count). The maximum Gasteiger partial charge on any atom is 0.408 e. The van der Waals surface area contributed by atoms with Gasteiger partial charge in [-0.25, -0.2) is 19.2 Å². The van der Waals surface area contributed by atoms with Crippen molar-refractivity contribution in [3.8, 4) is 0 Å². The van der Waals surface area contributed by atoms with Gasteiger partial charge < -0.3 is 61.3 Å². The van der Waals surface area contributed by atoms with Crippen LogP contribution < -0.4 is 28.2 Å². The van der Waals surface area contributed by atoms with Crippen molar-refractivity contribution in [1.82, 2.24) is 24.4 Å². The third kappa shape index (κ3) is 8.94. The molecule has 1 amide bonds. The van der Waals surface area contributed by atoms with Crippen LogP contribution in [-0.4, -0.2) is 117 Å². The van der Waals surface area contributed by atoms with Gasteiger partial charge in [-0.3, -0.25) is 9.13 Å². The highest BCUT2D eigenvalue weighted by atomic mass is 16.6. The molecule has 20 heteroatoms. The van der Waals surface area contributed by atoms with Crippen molar-refractivity contribution in [3.63, 3.8) is 0 Å². The van der Waals surface area contributed by atoms with Gasteiger partial charge in [0.15, 0.2) is 18.6 Å². The SMILES string of the molecule is CC(C)C(NC(=O)OC(C)(C)C)C(=O)OC1[C@@H](CO)O[C@@H](n2ccc(N)nc2=O)[C@@]1(C)O.C[C@]1(O)C(O)[C@@H](CO)O[C@H]1n1ccc(N)nc1=O. The van der Waals surface area contributed by atoms with Gasteiger partial charge in [-0.1, -0.05) is 13.8 Å². The fourth-order valence-corrected chi connectivity index (χ4v) is 5.30. The van der Waals surface area contributed by atoms with Crippen LogP contribution in [0.1, 0.15) is 60.9 Å². The maximum absolute atomic E-state index is 12.9. The first-order valence-electron chi connectivity index (χ1n) is 15.6. The Balaban J connectivity index is 0.000000316. The molecule has 0 radical (unpaired) electrons. The first kappa shape index (κ1) is 40.3. The Morgan fingerprint density at radius 3 is 1.80 bits per heavy atom. The number of nitrogens with two attached hydrogens (primary N) is 2. The molecule has 20 nitrogen and oxygen atoms in total. The van der Waals surface area contributed by atoms with Gasteiger partial charge in [0.25, 0.3) is 0 Å². The summed E-state index contributed by atoms with van der Waals surface area (Å²) in [5, 5.41) is 52.3. The Labute approximate surface area is 286 Å². The van der Waals surface area contributed by atoms with Gasteiger partial charge in [0.2, 0.25) is 0 Å². The lowest BCUT2D eigenvalue weighted by Gasteiger charge is -2.32. The van der Waals surface area contributed by atoms with Crippen molar-refractivity contribution in [1.29, 1.82) is 0 Å². The second kappa shape index (κ2) is 15.4. The molecule has 2 saturated heterocycles. The standard InChI is InChI=1S/C20H32N4O8.C10H15N3O5/c1-10(2)13(23-18(28)32-19(3,4)5)15(26)31-14-11(9-25)30-16(20(14,6)29)24-8-7-12(21)22-17(24)27;1-10(17)7(15)5(4-14)18-8(10)13-3-2-6(11)12-9(13)16/h7-8,10-11,13-14,16,25,29H,9H2,1-6H3,(H,23,28)(H2,21,22,27);2-3,5,7-8,14-15,17H,4H2,1H3,(H2,11,12,16)/t11-,13?,14?,16-,20+;5-,7?,8-,10+/m11/s1. The summed E-state index contributed by atoms with van der Waals surface area (Å²) in [5.74, 6) is -1.21. The molecule has 3 unspecified atom stereocenters. The number of hydrogen-bond donors (Lipinski definition) is 8. The van der Waals surface area contributed by atoms with E-state index in [0.29, 0.717) is 0 Å². The molecule has 0 saturated carbocycles. The summed E-state index contributed by atoms with van der Waals surface area (Å²) in [4.78, 5) is 56.0. The first-order valence-corrected chi connectivity index (χ1v) is 15.6. The molecular weight excluding hydrogens is 666 g/mol. The lowest BCUT2D eigenvalue weighted by molar-refractivity contribution is -0.167. The molecule has 9 atom stereocenters. The number of nitrogen functional groups attached to an aromatic ring is 2. The minimum Gasteiger partial charge on any atom is -0.455 e. The van der Waals surface area contributed by atoms with Gasteiger partial charge in [-0.2, -0.15) is 9.97 Å². The van der Waals surface area contributed by atoms with Crippen LogP contribution in [-0.2, 0) is 23.7 Å². The molecule has 280 valence electrons. The number of rotatable bonds is 8. The van der Waals surface area contributed by atoms with Gasteiger partial charge in [-0.05, 0) is 52.7 Å². The highest BCUT2D eigenvalue weighted by Gasteiger charge is 2.57. The van der Waals surface area contributed by atoms with Crippen molar-refractivity contribution >= 4 is 23.7 Å². The van der Waals surface area contributed by atoms with Crippen molar-refractivity contribution in [2.75, 3.05) is 24.7 Å². The Hall–Kier alpha value is -4.18. The number of anilines is 2. The van der Waals surface area contributed by atoms with E-state index in [9.17, 15) is 39.6 Å². The number of hydrogen-bond acceptors (Lipinski definition) is 17. The lowest BCUT2D eigenvalue weighted by atomic mass is 9.95. The summed E-state index contributed by atoms with van der Waals surface area (Å²) in [6, 6.07) is 1.62. The fraction of sp³-hybridized carbons (Fsp3) is 0.667. The normalized spacial score (nSPS) is 29.9. The number of ether oxygens (including phenoxy) is 4. The van der Waals surface area contributed by atoms with E-state index >= 15 is 0 Å².